The summed E-state index contributed by atoms with van der Waals surface area (Å²) in [4.78, 5) is 22.7. The van der Waals surface area contributed by atoms with Gasteiger partial charge in [0, 0.05) is 4.47 Å². The van der Waals surface area contributed by atoms with E-state index < -0.39 is 12.1 Å². The van der Waals surface area contributed by atoms with Gasteiger partial charge in [0.25, 0.3) is 0 Å². The van der Waals surface area contributed by atoms with E-state index in [4.69, 9.17) is 4.74 Å². The lowest BCUT2D eigenvalue weighted by Crippen LogP contribution is -2.19. The Labute approximate surface area is 137 Å². The minimum Gasteiger partial charge on any atom is -0.457 e. The number of rotatable bonds is 4. The van der Waals surface area contributed by atoms with Gasteiger partial charge >= 0.3 is 5.97 Å². The third-order valence-corrected chi connectivity index (χ3v) is 4.05. The Balaban J connectivity index is 2.19. The van der Waals surface area contributed by atoms with E-state index in [1.807, 2.05) is 30.3 Å². The van der Waals surface area contributed by atoms with E-state index in [1.165, 1.54) is 6.92 Å². The zero-order chi connectivity index (χ0) is 16.1. The van der Waals surface area contributed by atoms with Crippen molar-refractivity contribution in [3.63, 3.8) is 0 Å². The third-order valence-electron chi connectivity index (χ3n) is 3.52. The quantitative estimate of drug-likeness (QED) is 0.606. The summed E-state index contributed by atoms with van der Waals surface area (Å²) in [6.07, 6.45) is 2.54. The van der Waals surface area contributed by atoms with Crippen LogP contribution in [0.15, 0.2) is 34.3 Å². The highest BCUT2D eigenvalue weighted by atomic mass is 79.9. The van der Waals surface area contributed by atoms with Gasteiger partial charge in [-0.2, -0.15) is 5.26 Å². The molecule has 0 radical (unpaired) electrons. The second kappa shape index (κ2) is 7.37. The van der Waals surface area contributed by atoms with Crippen molar-refractivity contribution < 1.29 is 14.3 Å². The number of halogens is 1. The fraction of sp³-hybridized carbons (Fsp3) is 0.353. The Morgan fingerprint density at radius 1 is 1.36 bits per heavy atom. The lowest BCUT2D eigenvalue weighted by Gasteiger charge is -2.14. The smallest absolute Gasteiger partial charge is 0.313 e. The molecule has 2 unspecified atom stereocenters. The van der Waals surface area contributed by atoms with Gasteiger partial charge in [0.1, 0.15) is 18.3 Å². The Bertz CT molecular complexity index is 643. The SMILES string of the molecule is CC(=O)CC(=O)OC1CCC(C#N)/C1=C/c1ccc(Br)cc1. The number of nitriles is 1. The molecule has 0 heterocycles. The lowest BCUT2D eigenvalue weighted by atomic mass is 10.0. The fourth-order valence-corrected chi connectivity index (χ4v) is 2.75. The fourth-order valence-electron chi connectivity index (χ4n) is 2.49. The minimum atomic E-state index is -0.530. The van der Waals surface area contributed by atoms with Crippen LogP contribution in [-0.4, -0.2) is 17.9 Å². The molecule has 1 aromatic carbocycles. The van der Waals surface area contributed by atoms with Crippen molar-refractivity contribution in [2.45, 2.75) is 32.3 Å². The second-order valence-electron chi connectivity index (χ2n) is 5.31. The summed E-state index contributed by atoms with van der Waals surface area (Å²) in [6, 6.07) is 9.94. The predicted molar refractivity (Wildman–Crippen MR) is 85.6 cm³/mol. The Hall–Kier alpha value is -1.93. The summed E-state index contributed by atoms with van der Waals surface area (Å²) in [6.45, 7) is 1.35. The first kappa shape index (κ1) is 16.4. The molecule has 22 heavy (non-hydrogen) atoms. The average Bonchev–Trinajstić information content (AvgIpc) is 2.82. The van der Waals surface area contributed by atoms with E-state index in [0.29, 0.717) is 12.8 Å². The topological polar surface area (TPSA) is 67.2 Å². The molecule has 1 fully saturated rings. The van der Waals surface area contributed by atoms with E-state index >= 15 is 0 Å². The molecule has 0 saturated heterocycles. The summed E-state index contributed by atoms with van der Waals surface area (Å²) in [5, 5.41) is 9.26. The van der Waals surface area contributed by atoms with E-state index in [9.17, 15) is 14.9 Å². The number of benzene rings is 1. The van der Waals surface area contributed by atoms with Gasteiger partial charge in [-0.3, -0.25) is 9.59 Å². The van der Waals surface area contributed by atoms with Gasteiger partial charge in [-0.15, -0.1) is 0 Å². The van der Waals surface area contributed by atoms with Crippen molar-refractivity contribution in [1.82, 2.24) is 0 Å². The number of hydrogen-bond acceptors (Lipinski definition) is 4. The van der Waals surface area contributed by atoms with Crippen LogP contribution in [0.1, 0.15) is 31.7 Å². The van der Waals surface area contributed by atoms with Gasteiger partial charge in [0.05, 0.1) is 12.0 Å². The Morgan fingerprint density at radius 2 is 2.05 bits per heavy atom. The van der Waals surface area contributed by atoms with E-state index in [0.717, 1.165) is 15.6 Å². The molecule has 1 aliphatic rings. The zero-order valence-electron chi connectivity index (χ0n) is 12.2. The van der Waals surface area contributed by atoms with Crippen LogP contribution in [0.3, 0.4) is 0 Å². The molecule has 5 heteroatoms. The number of ketones is 1. The first-order valence-corrected chi connectivity index (χ1v) is 7.84. The molecule has 1 aliphatic carbocycles. The van der Waals surface area contributed by atoms with Crippen LogP contribution < -0.4 is 0 Å². The summed E-state index contributed by atoms with van der Waals surface area (Å²) in [5.41, 5.74) is 1.76. The molecule has 1 saturated carbocycles. The predicted octanol–water partition coefficient (Wildman–Crippen LogP) is 3.66. The van der Waals surface area contributed by atoms with Crippen LogP contribution in [0.25, 0.3) is 6.08 Å². The van der Waals surface area contributed by atoms with Gasteiger partial charge in [0.2, 0.25) is 0 Å². The van der Waals surface area contributed by atoms with Crippen molar-refractivity contribution in [2.24, 2.45) is 5.92 Å². The van der Waals surface area contributed by atoms with Crippen molar-refractivity contribution >= 4 is 33.8 Å². The van der Waals surface area contributed by atoms with Crippen LogP contribution in [-0.2, 0) is 14.3 Å². The average molecular weight is 362 g/mol. The number of esters is 1. The van der Waals surface area contributed by atoms with Crippen LogP contribution in [0.5, 0.6) is 0 Å². The third kappa shape index (κ3) is 4.28. The maximum atomic E-state index is 11.7. The molecule has 2 rings (SSSR count). The van der Waals surface area contributed by atoms with E-state index in [-0.39, 0.29) is 18.1 Å². The molecular weight excluding hydrogens is 346 g/mol. The number of carbonyl (C=O) groups excluding carboxylic acids is 2. The van der Waals surface area contributed by atoms with Crippen LogP contribution in [0.2, 0.25) is 0 Å². The summed E-state index contributed by atoms with van der Waals surface area (Å²) < 4.78 is 6.35. The molecule has 0 aliphatic heterocycles. The van der Waals surface area contributed by atoms with Gasteiger partial charge in [-0.05, 0) is 43.0 Å². The Kier molecular flexibility index (Phi) is 5.51. The van der Waals surface area contributed by atoms with Crippen molar-refractivity contribution in [1.29, 1.82) is 5.26 Å². The molecule has 0 N–H and O–H groups in total. The molecule has 1 aromatic rings. The van der Waals surface area contributed by atoms with E-state index in [2.05, 4.69) is 22.0 Å². The molecule has 0 spiro atoms. The standard InChI is InChI=1S/C17H16BrNO3/c1-11(20)8-17(21)22-16-7-4-13(10-19)15(16)9-12-2-5-14(18)6-3-12/h2-3,5-6,9,13,16H,4,7-8H2,1H3/b15-9-. The van der Waals surface area contributed by atoms with Crippen LogP contribution in [0, 0.1) is 17.2 Å². The molecule has 114 valence electrons. The number of ether oxygens (including phenoxy) is 1. The highest BCUT2D eigenvalue weighted by molar-refractivity contribution is 9.10. The first-order valence-electron chi connectivity index (χ1n) is 7.05. The number of carbonyl (C=O) groups is 2. The van der Waals surface area contributed by atoms with Crippen LogP contribution in [0.4, 0.5) is 0 Å². The van der Waals surface area contributed by atoms with Crippen molar-refractivity contribution in [3.8, 4) is 6.07 Å². The molecular formula is C17H16BrNO3. The molecule has 0 amide bonds. The molecule has 0 bridgehead atoms. The molecule has 2 atom stereocenters. The minimum absolute atomic E-state index is 0.223. The van der Waals surface area contributed by atoms with Crippen LogP contribution >= 0.6 is 15.9 Å². The van der Waals surface area contributed by atoms with Gasteiger partial charge in [-0.1, -0.05) is 34.1 Å². The maximum absolute atomic E-state index is 11.7. The van der Waals surface area contributed by atoms with E-state index in [1.54, 1.807) is 0 Å². The highest BCUT2D eigenvalue weighted by Crippen LogP contribution is 2.35. The van der Waals surface area contributed by atoms with Crippen molar-refractivity contribution in [3.05, 3.63) is 39.9 Å². The van der Waals surface area contributed by atoms with Gasteiger partial charge < -0.3 is 4.74 Å². The van der Waals surface area contributed by atoms with Gasteiger partial charge in [-0.25, -0.2) is 0 Å². The zero-order valence-corrected chi connectivity index (χ0v) is 13.8. The van der Waals surface area contributed by atoms with Crippen molar-refractivity contribution in [2.75, 3.05) is 0 Å². The largest absolute Gasteiger partial charge is 0.457 e. The monoisotopic (exact) mass is 361 g/mol. The lowest BCUT2D eigenvalue weighted by molar-refractivity contribution is -0.148. The maximum Gasteiger partial charge on any atom is 0.313 e. The number of nitrogens with zero attached hydrogens (tertiary/aromatic N) is 1. The Morgan fingerprint density at radius 3 is 2.64 bits per heavy atom. The summed E-state index contributed by atoms with van der Waals surface area (Å²) >= 11 is 3.38. The number of Topliss-reactive ketones (excluding diaryl/α,β-unsaturated/α-hetero) is 1. The molecule has 4 nitrogen and oxygen atoms in total. The normalized spacial score (nSPS) is 22.3. The molecule has 0 aromatic heterocycles. The first-order chi connectivity index (χ1) is 10.5. The van der Waals surface area contributed by atoms with Gasteiger partial charge in [0.15, 0.2) is 0 Å². The summed E-state index contributed by atoms with van der Waals surface area (Å²) in [7, 11) is 0. The highest BCUT2D eigenvalue weighted by Gasteiger charge is 2.33. The summed E-state index contributed by atoms with van der Waals surface area (Å²) in [5.74, 6) is -1.00. The number of hydrogen-bond donors (Lipinski definition) is 0. The second-order valence-corrected chi connectivity index (χ2v) is 6.23.